The summed E-state index contributed by atoms with van der Waals surface area (Å²) < 4.78 is 12.8. The van der Waals surface area contributed by atoms with Crippen molar-refractivity contribution < 1.29 is 14.0 Å². The standard InChI is InChI=1S/C16H19FN2O2/c17-13-6-4-11(5-7-13)15(20)18-14-8-9-19(10-14)16(21)12-2-1-3-12/h4-7,12,14H,1-3,8-10H2,(H,18,20). The van der Waals surface area contributed by atoms with Gasteiger partial charge >= 0.3 is 0 Å². The van der Waals surface area contributed by atoms with Crippen LogP contribution < -0.4 is 5.32 Å². The van der Waals surface area contributed by atoms with E-state index in [1.807, 2.05) is 4.90 Å². The number of nitrogens with one attached hydrogen (secondary N) is 1. The first kappa shape index (κ1) is 14.0. The van der Waals surface area contributed by atoms with E-state index >= 15 is 0 Å². The minimum absolute atomic E-state index is 0.00780. The molecular weight excluding hydrogens is 271 g/mol. The average molecular weight is 290 g/mol. The molecule has 1 aliphatic heterocycles. The van der Waals surface area contributed by atoms with Gasteiger partial charge < -0.3 is 10.2 Å². The normalized spacial score (nSPS) is 22.0. The van der Waals surface area contributed by atoms with Crippen molar-refractivity contribution >= 4 is 11.8 Å². The summed E-state index contributed by atoms with van der Waals surface area (Å²) >= 11 is 0. The predicted octanol–water partition coefficient (Wildman–Crippen LogP) is 1.96. The molecule has 1 atom stereocenters. The van der Waals surface area contributed by atoms with Crippen LogP contribution in [0.25, 0.3) is 0 Å². The van der Waals surface area contributed by atoms with Crippen molar-refractivity contribution in [3.05, 3.63) is 35.6 Å². The third-order valence-corrected chi connectivity index (χ3v) is 4.40. The molecule has 1 unspecified atom stereocenters. The topological polar surface area (TPSA) is 49.4 Å². The van der Waals surface area contributed by atoms with Gasteiger partial charge in [-0.2, -0.15) is 0 Å². The lowest BCUT2D eigenvalue weighted by Gasteiger charge is -2.29. The quantitative estimate of drug-likeness (QED) is 0.925. The maximum Gasteiger partial charge on any atom is 0.251 e. The summed E-state index contributed by atoms with van der Waals surface area (Å²) in [5.74, 6) is -0.126. The van der Waals surface area contributed by atoms with E-state index in [4.69, 9.17) is 0 Å². The average Bonchev–Trinajstić information content (AvgIpc) is 2.86. The number of amides is 2. The fourth-order valence-corrected chi connectivity index (χ4v) is 2.86. The molecule has 0 spiro atoms. The molecule has 1 N–H and O–H groups in total. The third kappa shape index (κ3) is 3.06. The first-order valence-electron chi connectivity index (χ1n) is 7.49. The molecule has 1 aromatic rings. The van der Waals surface area contributed by atoms with Crippen molar-refractivity contribution in [2.24, 2.45) is 5.92 Å². The Morgan fingerprint density at radius 2 is 1.86 bits per heavy atom. The van der Waals surface area contributed by atoms with Crippen LogP contribution in [-0.2, 0) is 4.79 Å². The summed E-state index contributed by atoms with van der Waals surface area (Å²) in [7, 11) is 0. The Morgan fingerprint density at radius 3 is 2.48 bits per heavy atom. The molecule has 1 saturated carbocycles. The zero-order valence-electron chi connectivity index (χ0n) is 11.8. The Hall–Kier alpha value is -1.91. The molecule has 5 heteroatoms. The lowest BCUT2D eigenvalue weighted by Crippen LogP contribution is -2.41. The SMILES string of the molecule is O=C(NC1CCN(C(=O)C2CCC2)C1)c1ccc(F)cc1. The summed E-state index contributed by atoms with van der Waals surface area (Å²) in [5.41, 5.74) is 0.445. The molecule has 0 bridgehead atoms. The number of likely N-dealkylation sites (tertiary alicyclic amines) is 1. The van der Waals surface area contributed by atoms with E-state index in [9.17, 15) is 14.0 Å². The van der Waals surface area contributed by atoms with E-state index in [2.05, 4.69) is 5.32 Å². The maximum atomic E-state index is 12.8. The molecule has 21 heavy (non-hydrogen) atoms. The van der Waals surface area contributed by atoms with Crippen LogP contribution in [0.4, 0.5) is 4.39 Å². The lowest BCUT2D eigenvalue weighted by molar-refractivity contribution is -0.137. The Morgan fingerprint density at radius 1 is 1.14 bits per heavy atom. The maximum absolute atomic E-state index is 12.8. The minimum atomic E-state index is -0.357. The van der Waals surface area contributed by atoms with Crippen molar-refractivity contribution in [3.8, 4) is 0 Å². The van der Waals surface area contributed by atoms with E-state index in [0.717, 1.165) is 25.7 Å². The summed E-state index contributed by atoms with van der Waals surface area (Å²) in [6.45, 7) is 1.30. The predicted molar refractivity (Wildman–Crippen MR) is 76.2 cm³/mol. The third-order valence-electron chi connectivity index (χ3n) is 4.40. The monoisotopic (exact) mass is 290 g/mol. The van der Waals surface area contributed by atoms with E-state index in [1.165, 1.54) is 24.3 Å². The number of benzene rings is 1. The Bertz CT molecular complexity index is 540. The molecule has 0 aromatic heterocycles. The zero-order valence-corrected chi connectivity index (χ0v) is 11.8. The van der Waals surface area contributed by atoms with Gasteiger partial charge in [-0.1, -0.05) is 6.42 Å². The number of hydrogen-bond acceptors (Lipinski definition) is 2. The fourth-order valence-electron chi connectivity index (χ4n) is 2.86. The molecule has 1 aromatic carbocycles. The molecular formula is C16H19FN2O2. The van der Waals surface area contributed by atoms with E-state index in [1.54, 1.807) is 0 Å². The van der Waals surface area contributed by atoms with Crippen LogP contribution in [-0.4, -0.2) is 35.8 Å². The van der Waals surface area contributed by atoms with Crippen molar-refractivity contribution in [3.63, 3.8) is 0 Å². The Kier molecular flexibility index (Phi) is 3.90. The Labute approximate surface area is 123 Å². The first-order chi connectivity index (χ1) is 10.1. The summed E-state index contributed by atoms with van der Waals surface area (Å²) in [6, 6.07) is 5.48. The van der Waals surface area contributed by atoms with Gasteiger partial charge in [-0.15, -0.1) is 0 Å². The van der Waals surface area contributed by atoms with E-state index in [-0.39, 0.29) is 29.6 Å². The highest BCUT2D eigenvalue weighted by Gasteiger charge is 2.34. The molecule has 1 aliphatic carbocycles. The number of carbonyl (C=O) groups excluding carboxylic acids is 2. The molecule has 3 rings (SSSR count). The molecule has 1 heterocycles. The summed E-state index contributed by atoms with van der Waals surface area (Å²) in [6.07, 6.45) is 3.93. The summed E-state index contributed by atoms with van der Waals surface area (Å²) in [5, 5.41) is 2.92. The number of hydrogen-bond donors (Lipinski definition) is 1. The smallest absolute Gasteiger partial charge is 0.251 e. The van der Waals surface area contributed by atoms with E-state index in [0.29, 0.717) is 18.7 Å². The second-order valence-corrected chi connectivity index (χ2v) is 5.88. The van der Waals surface area contributed by atoms with Crippen LogP contribution in [0.2, 0.25) is 0 Å². The van der Waals surface area contributed by atoms with Gasteiger partial charge in [0.25, 0.3) is 5.91 Å². The van der Waals surface area contributed by atoms with Crippen LogP contribution >= 0.6 is 0 Å². The van der Waals surface area contributed by atoms with Crippen molar-refractivity contribution in [2.45, 2.75) is 31.7 Å². The molecule has 1 saturated heterocycles. The van der Waals surface area contributed by atoms with Gasteiger partial charge in [0.2, 0.25) is 5.91 Å². The fraction of sp³-hybridized carbons (Fsp3) is 0.500. The minimum Gasteiger partial charge on any atom is -0.347 e. The van der Waals surface area contributed by atoms with Crippen LogP contribution in [0.15, 0.2) is 24.3 Å². The highest BCUT2D eigenvalue weighted by atomic mass is 19.1. The molecule has 0 radical (unpaired) electrons. The highest BCUT2D eigenvalue weighted by Crippen LogP contribution is 2.29. The molecule has 112 valence electrons. The van der Waals surface area contributed by atoms with Gasteiger partial charge in [-0.05, 0) is 43.5 Å². The number of halogens is 1. The van der Waals surface area contributed by atoms with Gasteiger partial charge in [-0.3, -0.25) is 9.59 Å². The largest absolute Gasteiger partial charge is 0.347 e. The number of nitrogens with zero attached hydrogens (tertiary/aromatic N) is 1. The van der Waals surface area contributed by atoms with Crippen molar-refractivity contribution in [1.29, 1.82) is 0 Å². The van der Waals surface area contributed by atoms with Gasteiger partial charge in [0, 0.05) is 30.6 Å². The van der Waals surface area contributed by atoms with Gasteiger partial charge in [0.15, 0.2) is 0 Å². The van der Waals surface area contributed by atoms with Gasteiger partial charge in [0.05, 0.1) is 0 Å². The van der Waals surface area contributed by atoms with E-state index < -0.39 is 0 Å². The molecule has 2 amide bonds. The number of carbonyl (C=O) groups is 2. The van der Waals surface area contributed by atoms with Crippen LogP contribution in [0.5, 0.6) is 0 Å². The lowest BCUT2D eigenvalue weighted by atomic mass is 9.84. The second-order valence-electron chi connectivity index (χ2n) is 5.88. The second kappa shape index (κ2) is 5.84. The van der Waals surface area contributed by atoms with Crippen LogP contribution in [0, 0.1) is 11.7 Å². The Balaban J connectivity index is 1.53. The molecule has 2 aliphatic rings. The zero-order chi connectivity index (χ0) is 14.8. The van der Waals surface area contributed by atoms with Crippen molar-refractivity contribution in [2.75, 3.05) is 13.1 Å². The first-order valence-corrected chi connectivity index (χ1v) is 7.49. The van der Waals surface area contributed by atoms with Crippen molar-refractivity contribution in [1.82, 2.24) is 10.2 Å². The van der Waals surface area contributed by atoms with Gasteiger partial charge in [-0.25, -0.2) is 4.39 Å². The number of rotatable bonds is 3. The molecule has 2 fully saturated rings. The van der Waals surface area contributed by atoms with Gasteiger partial charge in [0.1, 0.15) is 5.82 Å². The summed E-state index contributed by atoms with van der Waals surface area (Å²) in [4.78, 5) is 26.1. The van der Waals surface area contributed by atoms with Crippen LogP contribution in [0.1, 0.15) is 36.0 Å². The highest BCUT2D eigenvalue weighted by molar-refractivity contribution is 5.94. The molecule has 4 nitrogen and oxygen atoms in total. The van der Waals surface area contributed by atoms with Crippen LogP contribution in [0.3, 0.4) is 0 Å².